The van der Waals surface area contributed by atoms with E-state index >= 15 is 0 Å². The fourth-order valence-electron chi connectivity index (χ4n) is 3.50. The van der Waals surface area contributed by atoms with Crippen LogP contribution in [0.1, 0.15) is 56.0 Å². The fourth-order valence-corrected chi connectivity index (χ4v) is 4.63. The number of ether oxygens (including phenoxy) is 2. The van der Waals surface area contributed by atoms with Gasteiger partial charge in [-0.15, -0.1) is 11.3 Å². The second kappa shape index (κ2) is 10.7. The predicted molar refractivity (Wildman–Crippen MR) is 124 cm³/mol. The van der Waals surface area contributed by atoms with E-state index in [9.17, 15) is 14.4 Å². The van der Waals surface area contributed by atoms with Gasteiger partial charge >= 0.3 is 11.9 Å². The monoisotopic (exact) mass is 451 g/mol. The molecule has 0 unspecified atom stereocenters. The molecule has 7 heteroatoms. The van der Waals surface area contributed by atoms with Crippen LogP contribution in [0.3, 0.4) is 0 Å². The smallest absolute Gasteiger partial charge is 0.348 e. The van der Waals surface area contributed by atoms with Gasteiger partial charge in [-0.25, -0.2) is 9.59 Å². The van der Waals surface area contributed by atoms with E-state index in [0.29, 0.717) is 5.56 Å². The zero-order valence-electron chi connectivity index (χ0n) is 18.2. The number of methoxy groups -OCH3 is 1. The van der Waals surface area contributed by atoms with Crippen molar-refractivity contribution in [3.05, 3.63) is 87.8 Å². The summed E-state index contributed by atoms with van der Waals surface area (Å²) >= 11 is 1.01. The minimum atomic E-state index is -0.589. The minimum Gasteiger partial charge on any atom is -0.465 e. The summed E-state index contributed by atoms with van der Waals surface area (Å²) in [5.41, 5.74) is 2.63. The molecule has 0 aliphatic heterocycles. The van der Waals surface area contributed by atoms with Gasteiger partial charge < -0.3 is 14.8 Å². The third kappa shape index (κ3) is 5.23. The quantitative estimate of drug-likeness (QED) is 0.477. The van der Waals surface area contributed by atoms with Gasteiger partial charge in [0.05, 0.1) is 19.3 Å². The van der Waals surface area contributed by atoms with Crippen LogP contribution in [0.25, 0.3) is 0 Å². The highest BCUT2D eigenvalue weighted by atomic mass is 32.1. The van der Waals surface area contributed by atoms with Gasteiger partial charge in [-0.1, -0.05) is 60.7 Å². The Morgan fingerprint density at radius 3 is 2.00 bits per heavy atom. The third-order valence-electron chi connectivity index (χ3n) is 5.04. The van der Waals surface area contributed by atoms with Crippen LogP contribution in [-0.4, -0.2) is 31.6 Å². The minimum absolute atomic E-state index is 0.162. The maximum absolute atomic E-state index is 13.1. The largest absolute Gasteiger partial charge is 0.465 e. The van der Waals surface area contributed by atoms with Crippen molar-refractivity contribution < 1.29 is 23.9 Å². The van der Waals surface area contributed by atoms with E-state index in [1.165, 1.54) is 7.11 Å². The fraction of sp³-hybridized carbons (Fsp3) is 0.240. The summed E-state index contributed by atoms with van der Waals surface area (Å²) in [6.07, 6.45) is 0.167. The van der Waals surface area contributed by atoms with Gasteiger partial charge in [0.2, 0.25) is 5.91 Å². The van der Waals surface area contributed by atoms with Gasteiger partial charge in [0.1, 0.15) is 9.88 Å². The zero-order valence-corrected chi connectivity index (χ0v) is 19.0. The van der Waals surface area contributed by atoms with Crippen LogP contribution >= 0.6 is 11.3 Å². The molecule has 32 heavy (non-hydrogen) atoms. The number of hydrogen-bond acceptors (Lipinski definition) is 6. The number of rotatable bonds is 8. The Labute approximate surface area is 191 Å². The number of nitrogens with one attached hydrogen (secondary N) is 1. The first-order valence-corrected chi connectivity index (χ1v) is 11.1. The van der Waals surface area contributed by atoms with Gasteiger partial charge in [-0.05, 0) is 30.5 Å². The Bertz CT molecular complexity index is 1050. The maximum Gasteiger partial charge on any atom is 0.348 e. The molecule has 1 aromatic heterocycles. The van der Waals surface area contributed by atoms with Crippen molar-refractivity contribution in [2.45, 2.75) is 26.2 Å². The maximum atomic E-state index is 13.1. The molecule has 0 saturated heterocycles. The number of carbonyl (C=O) groups is 3. The summed E-state index contributed by atoms with van der Waals surface area (Å²) in [6, 6.07) is 19.6. The molecule has 0 aliphatic carbocycles. The molecule has 0 fully saturated rings. The van der Waals surface area contributed by atoms with Crippen molar-refractivity contribution in [2.75, 3.05) is 19.0 Å². The Morgan fingerprint density at radius 1 is 0.938 bits per heavy atom. The molecule has 1 amide bonds. The molecule has 0 saturated carbocycles. The summed E-state index contributed by atoms with van der Waals surface area (Å²) in [7, 11) is 1.27. The summed E-state index contributed by atoms with van der Waals surface area (Å²) in [4.78, 5) is 38.0. The van der Waals surface area contributed by atoms with Crippen molar-refractivity contribution in [2.24, 2.45) is 0 Å². The standard InChI is InChI=1S/C25H25NO5S/c1-4-31-24(28)21-16(2)22(25(29)30-3)32-23(21)26-20(27)15-19(17-11-7-5-8-12-17)18-13-9-6-10-14-18/h5-14,19H,4,15H2,1-3H3,(H,26,27). The van der Waals surface area contributed by atoms with E-state index in [0.717, 1.165) is 22.5 Å². The molecule has 1 N–H and O–H groups in total. The lowest BCUT2D eigenvalue weighted by Crippen LogP contribution is -2.18. The van der Waals surface area contributed by atoms with E-state index in [2.05, 4.69) is 5.32 Å². The molecular formula is C25H25NO5S. The molecule has 0 aliphatic rings. The topological polar surface area (TPSA) is 81.7 Å². The van der Waals surface area contributed by atoms with Gasteiger partial charge in [0.15, 0.2) is 0 Å². The van der Waals surface area contributed by atoms with Gasteiger partial charge in [-0.3, -0.25) is 4.79 Å². The van der Waals surface area contributed by atoms with Crippen molar-refractivity contribution in [3.8, 4) is 0 Å². The van der Waals surface area contributed by atoms with Crippen LogP contribution < -0.4 is 5.32 Å². The Kier molecular flexibility index (Phi) is 7.78. The normalized spacial score (nSPS) is 10.6. The van der Waals surface area contributed by atoms with Gasteiger partial charge in [0.25, 0.3) is 0 Å². The summed E-state index contributed by atoms with van der Waals surface area (Å²) in [5, 5.41) is 3.11. The molecule has 1 heterocycles. The number of anilines is 1. The van der Waals surface area contributed by atoms with Crippen LogP contribution in [0.2, 0.25) is 0 Å². The van der Waals surface area contributed by atoms with Crippen LogP contribution in [0.15, 0.2) is 60.7 Å². The van der Waals surface area contributed by atoms with E-state index in [4.69, 9.17) is 9.47 Å². The molecule has 0 spiro atoms. The van der Waals surface area contributed by atoms with Crippen molar-refractivity contribution in [1.82, 2.24) is 0 Å². The van der Waals surface area contributed by atoms with E-state index in [1.54, 1.807) is 13.8 Å². The summed E-state index contributed by atoms with van der Waals surface area (Å²) in [5.74, 6) is -1.59. The molecule has 166 valence electrons. The molecule has 3 rings (SSSR count). The zero-order chi connectivity index (χ0) is 23.1. The van der Waals surface area contributed by atoms with E-state index in [-0.39, 0.29) is 40.3 Å². The van der Waals surface area contributed by atoms with Crippen LogP contribution in [0, 0.1) is 6.92 Å². The lowest BCUT2D eigenvalue weighted by Gasteiger charge is -2.18. The molecule has 0 atom stereocenters. The van der Waals surface area contributed by atoms with E-state index < -0.39 is 11.9 Å². The van der Waals surface area contributed by atoms with Gasteiger partial charge in [-0.2, -0.15) is 0 Å². The van der Waals surface area contributed by atoms with Gasteiger partial charge in [0, 0.05) is 12.3 Å². The lowest BCUT2D eigenvalue weighted by atomic mass is 9.88. The average molecular weight is 452 g/mol. The Hall–Kier alpha value is -3.45. The van der Waals surface area contributed by atoms with Crippen LogP contribution in [0.4, 0.5) is 5.00 Å². The molecule has 0 bridgehead atoms. The summed E-state index contributed by atoms with van der Waals surface area (Å²) in [6.45, 7) is 3.52. The first-order valence-electron chi connectivity index (χ1n) is 10.2. The number of hydrogen-bond donors (Lipinski definition) is 1. The van der Waals surface area contributed by atoms with Crippen molar-refractivity contribution >= 4 is 34.2 Å². The highest BCUT2D eigenvalue weighted by Gasteiger charge is 2.28. The van der Waals surface area contributed by atoms with Crippen LogP contribution in [0.5, 0.6) is 0 Å². The van der Waals surface area contributed by atoms with Crippen molar-refractivity contribution in [1.29, 1.82) is 0 Å². The second-order valence-corrected chi connectivity index (χ2v) is 8.12. The first-order chi connectivity index (χ1) is 15.5. The molecule has 2 aromatic carbocycles. The number of carbonyl (C=O) groups excluding carboxylic acids is 3. The molecule has 0 radical (unpaired) electrons. The molecule has 3 aromatic rings. The lowest BCUT2D eigenvalue weighted by molar-refractivity contribution is -0.116. The number of esters is 2. The summed E-state index contributed by atoms with van der Waals surface area (Å²) < 4.78 is 9.96. The predicted octanol–water partition coefficient (Wildman–Crippen LogP) is 5.18. The van der Waals surface area contributed by atoms with E-state index in [1.807, 2.05) is 60.7 Å². The molecule has 6 nitrogen and oxygen atoms in total. The van der Waals surface area contributed by atoms with Crippen LogP contribution in [-0.2, 0) is 14.3 Å². The Balaban J connectivity index is 1.91. The third-order valence-corrected chi connectivity index (χ3v) is 6.23. The Morgan fingerprint density at radius 2 is 1.50 bits per heavy atom. The highest BCUT2D eigenvalue weighted by Crippen LogP contribution is 2.35. The number of thiophene rings is 1. The highest BCUT2D eigenvalue weighted by molar-refractivity contribution is 7.18. The first kappa shape index (κ1) is 23.2. The second-order valence-electron chi connectivity index (χ2n) is 7.10. The number of amides is 1. The molecular weight excluding hydrogens is 426 g/mol. The SMILES string of the molecule is CCOC(=O)c1c(NC(=O)CC(c2ccccc2)c2ccccc2)sc(C(=O)OC)c1C. The average Bonchev–Trinajstić information content (AvgIpc) is 3.13. The number of benzene rings is 2. The van der Waals surface area contributed by atoms with Crippen molar-refractivity contribution in [3.63, 3.8) is 0 Å².